The molecule has 5 heteroatoms. The van der Waals surface area contributed by atoms with E-state index in [1.807, 2.05) is 31.2 Å². The third-order valence-electron chi connectivity index (χ3n) is 3.95. The lowest BCUT2D eigenvalue weighted by molar-refractivity contribution is 0.0195. The zero-order valence-electron chi connectivity index (χ0n) is 13.2. The molecule has 5 nitrogen and oxygen atoms in total. The lowest BCUT2D eigenvalue weighted by Gasteiger charge is -2.12. The molecule has 0 unspecified atom stereocenters. The van der Waals surface area contributed by atoms with Gasteiger partial charge in [-0.05, 0) is 18.1 Å². The van der Waals surface area contributed by atoms with Gasteiger partial charge in [-0.15, -0.1) is 0 Å². The summed E-state index contributed by atoms with van der Waals surface area (Å²) in [6.45, 7) is 2.35. The van der Waals surface area contributed by atoms with Crippen molar-refractivity contribution in [2.45, 2.75) is 44.4 Å². The van der Waals surface area contributed by atoms with Gasteiger partial charge in [0.15, 0.2) is 0 Å². The van der Waals surface area contributed by atoms with Crippen LogP contribution in [-0.4, -0.2) is 48.8 Å². The second-order valence-electron chi connectivity index (χ2n) is 5.35. The summed E-state index contributed by atoms with van der Waals surface area (Å²) < 4.78 is 16.2. The first kappa shape index (κ1) is 17.0. The van der Waals surface area contributed by atoms with E-state index in [9.17, 15) is 10.2 Å². The van der Waals surface area contributed by atoms with Crippen molar-refractivity contribution in [1.82, 2.24) is 0 Å². The Morgan fingerprint density at radius 3 is 2.59 bits per heavy atom. The summed E-state index contributed by atoms with van der Waals surface area (Å²) in [7, 11) is 3.25. The molecule has 0 radical (unpaired) electrons. The lowest BCUT2D eigenvalue weighted by atomic mass is 10.0. The van der Waals surface area contributed by atoms with Crippen molar-refractivity contribution >= 4 is 6.08 Å². The SMILES string of the molecule is CC[C@@H]1O[C@H](/C=C/c2cccc(OC)c2COC)[C@@H](O)[C@H]1O. The molecular weight excluding hydrogens is 284 g/mol. The van der Waals surface area contributed by atoms with Crippen molar-refractivity contribution < 1.29 is 24.4 Å². The van der Waals surface area contributed by atoms with Crippen LogP contribution in [0.15, 0.2) is 24.3 Å². The largest absolute Gasteiger partial charge is 0.496 e. The number of rotatable bonds is 6. The van der Waals surface area contributed by atoms with Gasteiger partial charge >= 0.3 is 0 Å². The Labute approximate surface area is 131 Å². The number of aliphatic hydroxyl groups excluding tert-OH is 2. The highest BCUT2D eigenvalue weighted by molar-refractivity contribution is 5.58. The molecule has 22 heavy (non-hydrogen) atoms. The Morgan fingerprint density at radius 2 is 2.00 bits per heavy atom. The Kier molecular flexibility index (Phi) is 5.97. The quantitative estimate of drug-likeness (QED) is 0.838. The van der Waals surface area contributed by atoms with Gasteiger partial charge < -0.3 is 24.4 Å². The molecule has 2 rings (SSSR count). The van der Waals surface area contributed by atoms with Gasteiger partial charge in [0, 0.05) is 12.7 Å². The Morgan fingerprint density at radius 1 is 1.23 bits per heavy atom. The second-order valence-corrected chi connectivity index (χ2v) is 5.35. The first-order chi connectivity index (χ1) is 10.6. The average molecular weight is 308 g/mol. The van der Waals surface area contributed by atoms with Gasteiger partial charge in [0.05, 0.1) is 19.8 Å². The van der Waals surface area contributed by atoms with Gasteiger partial charge in [0.2, 0.25) is 0 Å². The van der Waals surface area contributed by atoms with Crippen LogP contribution in [0.3, 0.4) is 0 Å². The molecule has 1 heterocycles. The van der Waals surface area contributed by atoms with Crippen molar-refractivity contribution in [1.29, 1.82) is 0 Å². The molecule has 122 valence electrons. The molecule has 0 amide bonds. The highest BCUT2D eigenvalue weighted by atomic mass is 16.5. The Hall–Kier alpha value is -1.40. The van der Waals surface area contributed by atoms with Crippen LogP contribution in [0.25, 0.3) is 6.08 Å². The minimum Gasteiger partial charge on any atom is -0.496 e. The van der Waals surface area contributed by atoms with Crippen LogP contribution >= 0.6 is 0 Å². The zero-order chi connectivity index (χ0) is 16.1. The van der Waals surface area contributed by atoms with Crippen LogP contribution in [0.4, 0.5) is 0 Å². The minimum absolute atomic E-state index is 0.326. The van der Waals surface area contributed by atoms with Crippen molar-refractivity contribution in [3.8, 4) is 5.75 Å². The summed E-state index contributed by atoms with van der Waals surface area (Å²) in [6, 6.07) is 5.72. The summed E-state index contributed by atoms with van der Waals surface area (Å²) in [5.74, 6) is 0.753. The van der Waals surface area contributed by atoms with Crippen molar-refractivity contribution in [2.75, 3.05) is 14.2 Å². The number of benzene rings is 1. The second kappa shape index (κ2) is 7.74. The van der Waals surface area contributed by atoms with Crippen molar-refractivity contribution in [3.05, 3.63) is 35.4 Å². The van der Waals surface area contributed by atoms with E-state index in [-0.39, 0.29) is 6.10 Å². The fourth-order valence-electron chi connectivity index (χ4n) is 2.70. The van der Waals surface area contributed by atoms with Gasteiger partial charge in [-0.25, -0.2) is 0 Å². The molecule has 0 saturated carbocycles. The van der Waals surface area contributed by atoms with Crippen LogP contribution in [0, 0.1) is 0 Å². The number of hydrogen-bond acceptors (Lipinski definition) is 5. The highest BCUT2D eigenvalue weighted by Gasteiger charge is 2.40. The zero-order valence-corrected chi connectivity index (χ0v) is 13.2. The van der Waals surface area contributed by atoms with Crippen molar-refractivity contribution in [3.63, 3.8) is 0 Å². The van der Waals surface area contributed by atoms with E-state index >= 15 is 0 Å². The molecule has 1 aliphatic heterocycles. The number of aliphatic hydroxyl groups is 2. The third kappa shape index (κ3) is 3.50. The molecule has 1 aliphatic rings. The standard InChI is InChI=1S/C17H24O5/c1-4-13-16(18)17(19)15(22-13)9-8-11-6-5-7-14(21-3)12(11)10-20-2/h5-9,13,15-19H,4,10H2,1-3H3/b9-8+/t13-,15+,16-,17+/m0/s1. The summed E-state index contributed by atoms with van der Waals surface area (Å²) in [5.41, 5.74) is 1.87. The minimum atomic E-state index is -0.905. The molecule has 1 fully saturated rings. The van der Waals surface area contributed by atoms with Crippen molar-refractivity contribution in [2.24, 2.45) is 0 Å². The van der Waals surface area contributed by atoms with Crippen LogP contribution in [0.1, 0.15) is 24.5 Å². The molecule has 1 aromatic carbocycles. The molecule has 4 atom stereocenters. The Balaban J connectivity index is 2.20. The first-order valence-electron chi connectivity index (χ1n) is 7.47. The number of ether oxygens (including phenoxy) is 3. The number of hydrogen-bond donors (Lipinski definition) is 2. The molecule has 2 N–H and O–H groups in total. The maximum absolute atomic E-state index is 10.0. The molecule has 0 bridgehead atoms. The summed E-state index contributed by atoms with van der Waals surface area (Å²) in [5, 5.41) is 19.9. The van der Waals surface area contributed by atoms with Gasteiger partial charge in [0.1, 0.15) is 24.1 Å². The van der Waals surface area contributed by atoms with Gasteiger partial charge in [-0.1, -0.05) is 31.2 Å². The molecule has 0 aliphatic carbocycles. The topological polar surface area (TPSA) is 68.2 Å². The highest BCUT2D eigenvalue weighted by Crippen LogP contribution is 2.27. The van der Waals surface area contributed by atoms with Crippen LogP contribution in [-0.2, 0) is 16.1 Å². The fraction of sp³-hybridized carbons (Fsp3) is 0.529. The molecular formula is C17H24O5. The smallest absolute Gasteiger partial charge is 0.124 e. The monoisotopic (exact) mass is 308 g/mol. The first-order valence-corrected chi connectivity index (χ1v) is 7.47. The van der Waals surface area contributed by atoms with E-state index in [2.05, 4.69) is 0 Å². The van der Waals surface area contributed by atoms with Crippen LogP contribution < -0.4 is 4.74 Å². The predicted molar refractivity (Wildman–Crippen MR) is 83.7 cm³/mol. The summed E-state index contributed by atoms with van der Waals surface area (Å²) in [4.78, 5) is 0. The lowest BCUT2D eigenvalue weighted by Crippen LogP contribution is -2.31. The van der Waals surface area contributed by atoms with Crippen LogP contribution in [0.5, 0.6) is 5.75 Å². The average Bonchev–Trinajstić information content (AvgIpc) is 2.81. The van der Waals surface area contributed by atoms with E-state index in [1.54, 1.807) is 20.3 Å². The molecule has 1 aromatic rings. The fourth-order valence-corrected chi connectivity index (χ4v) is 2.70. The van der Waals surface area contributed by atoms with E-state index < -0.39 is 18.3 Å². The number of methoxy groups -OCH3 is 2. The summed E-state index contributed by atoms with van der Waals surface area (Å²) >= 11 is 0. The van der Waals surface area contributed by atoms with E-state index in [4.69, 9.17) is 14.2 Å². The normalized spacial score (nSPS) is 28.4. The van der Waals surface area contributed by atoms with Gasteiger partial charge in [-0.3, -0.25) is 0 Å². The molecule has 0 spiro atoms. The maximum Gasteiger partial charge on any atom is 0.124 e. The van der Waals surface area contributed by atoms with E-state index in [0.29, 0.717) is 13.0 Å². The van der Waals surface area contributed by atoms with E-state index in [0.717, 1.165) is 16.9 Å². The molecule has 0 aromatic heterocycles. The maximum atomic E-state index is 10.0. The van der Waals surface area contributed by atoms with Gasteiger partial charge in [-0.2, -0.15) is 0 Å². The Bertz CT molecular complexity index is 514. The molecule has 1 saturated heterocycles. The summed E-state index contributed by atoms with van der Waals surface area (Å²) in [6.07, 6.45) is 1.72. The van der Waals surface area contributed by atoms with Gasteiger partial charge in [0.25, 0.3) is 0 Å². The third-order valence-corrected chi connectivity index (χ3v) is 3.95. The predicted octanol–water partition coefficient (Wildman–Crippen LogP) is 1.75. The van der Waals surface area contributed by atoms with Crippen LogP contribution in [0.2, 0.25) is 0 Å². The van der Waals surface area contributed by atoms with E-state index in [1.165, 1.54) is 0 Å².